The molecule has 0 radical (unpaired) electrons. The number of quaternary nitrogens is 1. The van der Waals surface area contributed by atoms with Crippen LogP contribution in [-0.4, -0.2) is 29.0 Å². The van der Waals surface area contributed by atoms with Gasteiger partial charge in [-0.2, -0.15) is 5.23 Å². The summed E-state index contributed by atoms with van der Waals surface area (Å²) in [6.45, 7) is 1.78. The topological polar surface area (TPSA) is 126 Å². The highest BCUT2D eigenvalue weighted by Crippen LogP contribution is 2.53. The number of carbonyl (C=O) groups is 3. The summed E-state index contributed by atoms with van der Waals surface area (Å²) in [6, 6.07) is 12.4. The Bertz CT molecular complexity index is 1070. The Labute approximate surface area is 165 Å². The van der Waals surface area contributed by atoms with Crippen LogP contribution in [0.1, 0.15) is 12.5 Å². The van der Waals surface area contributed by atoms with Crippen LogP contribution >= 0.6 is 0 Å². The van der Waals surface area contributed by atoms with Gasteiger partial charge in [-0.1, -0.05) is 24.3 Å². The zero-order valence-electron chi connectivity index (χ0n) is 15.4. The molecule has 2 aromatic rings. The smallest absolute Gasteiger partial charge is 0.250 e. The molecule has 4 N–H and O–H groups in total. The molecule has 2 aromatic carbocycles. The lowest BCUT2D eigenvalue weighted by Crippen LogP contribution is -2.99. The number of nitrogens with one attached hydrogen (secondary N) is 3. The van der Waals surface area contributed by atoms with Crippen molar-refractivity contribution in [2.45, 2.75) is 18.5 Å². The summed E-state index contributed by atoms with van der Waals surface area (Å²) >= 11 is 0. The van der Waals surface area contributed by atoms with Crippen molar-refractivity contribution in [3.05, 3.63) is 59.3 Å². The van der Waals surface area contributed by atoms with Gasteiger partial charge in [0, 0.05) is 29.4 Å². The average Bonchev–Trinajstić information content (AvgIpc) is 3.26. The van der Waals surface area contributed by atoms with Crippen molar-refractivity contribution in [3.8, 4) is 0 Å². The van der Waals surface area contributed by atoms with Gasteiger partial charge in [-0.05, 0) is 19.1 Å². The SMILES string of the molecule is C[C@H]1N[C@@]2(C(=O)Nc3ccccc32)[C@@H]2C(=O)N(c3cccc([NH+]([O-])O)c3)C(=O)[C@H]21. The first-order chi connectivity index (χ1) is 13.9. The van der Waals surface area contributed by atoms with Gasteiger partial charge >= 0.3 is 0 Å². The Morgan fingerprint density at radius 3 is 2.62 bits per heavy atom. The summed E-state index contributed by atoms with van der Waals surface area (Å²) in [5.41, 5.74) is 0.108. The van der Waals surface area contributed by atoms with E-state index in [4.69, 9.17) is 0 Å². The molecule has 9 nitrogen and oxygen atoms in total. The van der Waals surface area contributed by atoms with E-state index in [9.17, 15) is 24.8 Å². The van der Waals surface area contributed by atoms with Crippen LogP contribution < -0.4 is 20.8 Å². The lowest BCUT2D eigenvalue weighted by atomic mass is 9.76. The van der Waals surface area contributed by atoms with Gasteiger partial charge in [0.1, 0.15) is 5.54 Å². The fourth-order valence-electron chi connectivity index (χ4n) is 4.95. The highest BCUT2D eigenvalue weighted by molar-refractivity contribution is 6.25. The normalized spacial score (nSPS) is 31.2. The predicted molar refractivity (Wildman–Crippen MR) is 101 cm³/mol. The number of amides is 3. The van der Waals surface area contributed by atoms with Gasteiger partial charge in [-0.25, -0.2) is 10.1 Å². The second-order valence-corrected chi connectivity index (χ2v) is 7.61. The summed E-state index contributed by atoms with van der Waals surface area (Å²) < 4.78 is 0. The Kier molecular flexibility index (Phi) is 3.68. The van der Waals surface area contributed by atoms with Crippen molar-refractivity contribution in [2.75, 3.05) is 10.2 Å². The molecule has 2 fully saturated rings. The van der Waals surface area contributed by atoms with Gasteiger partial charge in [0.25, 0.3) is 0 Å². The fourth-order valence-corrected chi connectivity index (χ4v) is 4.95. The Morgan fingerprint density at radius 2 is 1.86 bits per heavy atom. The Morgan fingerprint density at radius 1 is 1.10 bits per heavy atom. The zero-order chi connectivity index (χ0) is 20.5. The van der Waals surface area contributed by atoms with Crippen LogP contribution in [0.3, 0.4) is 0 Å². The minimum absolute atomic E-state index is 0.0231. The van der Waals surface area contributed by atoms with Crippen LogP contribution in [-0.2, 0) is 19.9 Å². The number of hydrogen-bond donors (Lipinski definition) is 4. The molecule has 0 aliphatic carbocycles. The largest absolute Gasteiger partial charge is 0.595 e. The Balaban J connectivity index is 1.64. The molecule has 5 rings (SSSR count). The molecule has 148 valence electrons. The summed E-state index contributed by atoms with van der Waals surface area (Å²) in [5.74, 6) is -2.95. The van der Waals surface area contributed by atoms with E-state index < -0.39 is 40.5 Å². The molecular weight excluding hydrogens is 376 g/mol. The van der Waals surface area contributed by atoms with Crippen molar-refractivity contribution in [2.24, 2.45) is 11.8 Å². The summed E-state index contributed by atoms with van der Waals surface area (Å²) in [5, 5.41) is 25.4. The lowest BCUT2D eigenvalue weighted by molar-refractivity contribution is -0.991. The molecule has 1 unspecified atom stereocenters. The predicted octanol–water partition coefficient (Wildman–Crippen LogP) is 0.0349. The summed E-state index contributed by atoms with van der Waals surface area (Å²) in [7, 11) is 0. The maximum absolute atomic E-state index is 13.5. The number of rotatable bonds is 2. The number of imide groups is 1. The standard InChI is InChI=1S/C20H18N4O5/c1-10-15-16(20(22-10)13-7-2-3-8-14(13)21-19(20)27)18(26)23(17(15)25)11-5-4-6-12(9-11)24(28)29/h2-10,15-16,22,24,28H,1H3,(H,21,27)/t10-,15+,16+,20-/m1/s1. The van der Waals surface area contributed by atoms with Crippen LogP contribution in [0.5, 0.6) is 0 Å². The molecular formula is C20H18N4O5. The van der Waals surface area contributed by atoms with Crippen molar-refractivity contribution in [1.82, 2.24) is 5.32 Å². The maximum Gasteiger partial charge on any atom is 0.250 e. The molecule has 0 bridgehead atoms. The molecule has 3 aliphatic heterocycles. The third-order valence-electron chi connectivity index (χ3n) is 6.12. The van der Waals surface area contributed by atoms with E-state index in [1.165, 1.54) is 24.3 Å². The molecule has 3 heterocycles. The van der Waals surface area contributed by atoms with Crippen molar-refractivity contribution < 1.29 is 24.8 Å². The van der Waals surface area contributed by atoms with E-state index in [1.54, 1.807) is 31.2 Å². The molecule has 5 atom stereocenters. The second kappa shape index (κ2) is 5.94. The van der Waals surface area contributed by atoms with Crippen LogP contribution in [0.15, 0.2) is 48.5 Å². The van der Waals surface area contributed by atoms with Crippen molar-refractivity contribution in [1.29, 1.82) is 0 Å². The quantitative estimate of drug-likeness (QED) is 0.421. The van der Waals surface area contributed by atoms with Crippen LogP contribution in [0.25, 0.3) is 0 Å². The van der Waals surface area contributed by atoms with E-state index in [0.717, 1.165) is 4.90 Å². The first-order valence-corrected chi connectivity index (χ1v) is 9.26. The third kappa shape index (κ3) is 2.21. The van der Waals surface area contributed by atoms with E-state index in [1.807, 2.05) is 0 Å². The number of benzene rings is 2. The van der Waals surface area contributed by atoms with Gasteiger partial charge in [0.05, 0.1) is 17.5 Å². The molecule has 3 aliphatic rings. The lowest BCUT2D eigenvalue weighted by Gasteiger charge is -2.29. The minimum Gasteiger partial charge on any atom is -0.595 e. The molecule has 3 amide bonds. The van der Waals surface area contributed by atoms with Gasteiger partial charge in [0.2, 0.25) is 17.7 Å². The van der Waals surface area contributed by atoms with Gasteiger partial charge < -0.3 is 10.5 Å². The number of anilines is 2. The van der Waals surface area contributed by atoms with E-state index in [-0.39, 0.29) is 17.3 Å². The first kappa shape index (κ1) is 18.0. The number of hydrogen-bond acceptors (Lipinski definition) is 6. The Hall–Kier alpha value is -3.11. The second-order valence-electron chi connectivity index (χ2n) is 7.61. The van der Waals surface area contributed by atoms with Gasteiger partial charge in [-0.15, -0.1) is 0 Å². The van der Waals surface area contributed by atoms with Crippen LogP contribution in [0, 0.1) is 17.0 Å². The van der Waals surface area contributed by atoms with Crippen molar-refractivity contribution in [3.63, 3.8) is 0 Å². The van der Waals surface area contributed by atoms with Crippen LogP contribution in [0.4, 0.5) is 17.1 Å². The average molecular weight is 394 g/mol. The van der Waals surface area contributed by atoms with Crippen molar-refractivity contribution >= 4 is 34.8 Å². The highest BCUT2D eigenvalue weighted by Gasteiger charge is 2.69. The molecule has 2 saturated heterocycles. The van der Waals surface area contributed by atoms with Gasteiger partial charge in [0.15, 0.2) is 5.69 Å². The number of nitrogens with zero attached hydrogens (tertiary/aromatic N) is 1. The maximum atomic E-state index is 13.5. The highest BCUT2D eigenvalue weighted by atomic mass is 16.8. The van der Waals surface area contributed by atoms with Crippen LogP contribution in [0.2, 0.25) is 0 Å². The number of fused-ring (bicyclic) bond motifs is 4. The molecule has 0 aromatic heterocycles. The number of para-hydroxylation sites is 1. The minimum atomic E-state index is -1.33. The molecule has 29 heavy (non-hydrogen) atoms. The monoisotopic (exact) mass is 394 g/mol. The first-order valence-electron chi connectivity index (χ1n) is 9.26. The zero-order valence-corrected chi connectivity index (χ0v) is 15.4. The molecule has 0 saturated carbocycles. The summed E-state index contributed by atoms with van der Waals surface area (Å²) in [4.78, 5) is 40.8. The summed E-state index contributed by atoms with van der Waals surface area (Å²) in [6.07, 6.45) is 0. The van der Waals surface area contributed by atoms with E-state index in [0.29, 0.717) is 11.3 Å². The fraction of sp³-hybridized carbons (Fsp3) is 0.250. The number of carbonyl (C=O) groups excluding carboxylic acids is 3. The third-order valence-corrected chi connectivity index (χ3v) is 6.12. The van der Waals surface area contributed by atoms with Gasteiger partial charge in [-0.3, -0.25) is 19.7 Å². The molecule has 1 spiro atoms. The molecule has 9 heteroatoms. The van der Waals surface area contributed by atoms with E-state index in [2.05, 4.69) is 10.6 Å². The van der Waals surface area contributed by atoms with E-state index >= 15 is 0 Å².